The average molecular weight is 261 g/mol. The van der Waals surface area contributed by atoms with Crippen molar-refractivity contribution in [3.05, 3.63) is 29.6 Å². The van der Waals surface area contributed by atoms with Gasteiger partial charge in [0.2, 0.25) is 0 Å². The Morgan fingerprint density at radius 3 is 2.89 bits per heavy atom. The molecule has 0 unspecified atom stereocenters. The third kappa shape index (κ3) is 3.80. The number of carbonyl (C=O) groups is 1. The van der Waals surface area contributed by atoms with E-state index in [-0.39, 0.29) is 11.7 Å². The Morgan fingerprint density at radius 1 is 1.58 bits per heavy atom. The van der Waals surface area contributed by atoms with Crippen molar-refractivity contribution in [3.8, 4) is 0 Å². The summed E-state index contributed by atoms with van der Waals surface area (Å²) in [6.07, 6.45) is 5.43. The standard InChI is InChI=1S/C13H19N5O/c1-3-4-17-13(19)11-5-9(8-18-12(11)15)10(6-14)7-16-2/h5-8H,3-4,14H2,1-2H3,(H2,15,18)(H,17,19). The molecule has 0 saturated carbocycles. The van der Waals surface area contributed by atoms with Crippen molar-refractivity contribution in [1.29, 1.82) is 0 Å². The van der Waals surface area contributed by atoms with Crippen LogP contribution in [0.1, 0.15) is 29.3 Å². The van der Waals surface area contributed by atoms with E-state index in [9.17, 15) is 4.79 Å². The lowest BCUT2D eigenvalue weighted by Crippen LogP contribution is -2.25. The predicted octanol–water partition coefficient (Wildman–Crippen LogP) is 0.804. The van der Waals surface area contributed by atoms with E-state index in [4.69, 9.17) is 11.5 Å². The number of amides is 1. The van der Waals surface area contributed by atoms with Crippen LogP contribution < -0.4 is 16.8 Å². The molecule has 0 aromatic carbocycles. The Balaban J connectivity index is 3.10. The Kier molecular flexibility index (Phi) is 5.53. The maximum atomic E-state index is 11.9. The van der Waals surface area contributed by atoms with Crippen molar-refractivity contribution in [2.75, 3.05) is 19.3 Å². The van der Waals surface area contributed by atoms with Gasteiger partial charge in [0.05, 0.1) is 5.56 Å². The van der Waals surface area contributed by atoms with Crippen LogP contribution in [0.4, 0.5) is 5.82 Å². The quantitative estimate of drug-likeness (QED) is 0.681. The summed E-state index contributed by atoms with van der Waals surface area (Å²) in [4.78, 5) is 19.8. The molecular weight excluding hydrogens is 242 g/mol. The van der Waals surface area contributed by atoms with E-state index < -0.39 is 0 Å². The fraction of sp³-hybridized carbons (Fsp3) is 0.308. The van der Waals surface area contributed by atoms with Crippen LogP contribution in [0, 0.1) is 0 Å². The summed E-state index contributed by atoms with van der Waals surface area (Å²) in [5.74, 6) is -0.0410. The molecule has 0 radical (unpaired) electrons. The summed E-state index contributed by atoms with van der Waals surface area (Å²) >= 11 is 0. The second kappa shape index (κ2) is 7.15. The Hall–Kier alpha value is -2.37. The lowest BCUT2D eigenvalue weighted by Gasteiger charge is -2.08. The molecule has 19 heavy (non-hydrogen) atoms. The second-order valence-corrected chi connectivity index (χ2v) is 3.92. The SMILES string of the molecule is CCCNC(=O)c1cc(C(C=NC)=CN)cnc1N. The highest BCUT2D eigenvalue weighted by atomic mass is 16.1. The van der Waals surface area contributed by atoms with Gasteiger partial charge < -0.3 is 16.8 Å². The summed E-state index contributed by atoms with van der Waals surface area (Å²) in [6, 6.07) is 1.66. The monoisotopic (exact) mass is 261 g/mol. The van der Waals surface area contributed by atoms with Gasteiger partial charge in [0.15, 0.2) is 0 Å². The molecule has 1 rings (SSSR count). The molecule has 1 aromatic heterocycles. The normalized spacial score (nSPS) is 11.8. The minimum Gasteiger partial charge on any atom is -0.404 e. The van der Waals surface area contributed by atoms with Crippen LogP contribution in [-0.2, 0) is 0 Å². The molecule has 1 aromatic rings. The molecule has 0 bridgehead atoms. The number of pyridine rings is 1. The number of nitrogens with zero attached hydrogens (tertiary/aromatic N) is 2. The molecule has 0 aliphatic carbocycles. The number of hydrogen-bond acceptors (Lipinski definition) is 5. The molecular formula is C13H19N5O. The number of nitrogens with two attached hydrogens (primary N) is 2. The molecule has 0 atom stereocenters. The maximum Gasteiger partial charge on any atom is 0.255 e. The summed E-state index contributed by atoms with van der Waals surface area (Å²) < 4.78 is 0. The van der Waals surface area contributed by atoms with Gasteiger partial charge >= 0.3 is 0 Å². The zero-order chi connectivity index (χ0) is 14.3. The van der Waals surface area contributed by atoms with Crippen molar-refractivity contribution in [3.63, 3.8) is 0 Å². The fourth-order valence-electron chi connectivity index (χ4n) is 1.50. The highest BCUT2D eigenvalue weighted by Gasteiger charge is 2.12. The van der Waals surface area contributed by atoms with Crippen LogP contribution in [0.5, 0.6) is 0 Å². The third-order valence-electron chi connectivity index (χ3n) is 2.48. The number of aliphatic imine (C=N–C) groups is 1. The maximum absolute atomic E-state index is 11.9. The summed E-state index contributed by atoms with van der Waals surface area (Å²) in [5.41, 5.74) is 13.0. The number of hydrogen-bond donors (Lipinski definition) is 3. The summed E-state index contributed by atoms with van der Waals surface area (Å²) in [5, 5.41) is 2.76. The van der Waals surface area contributed by atoms with Gasteiger partial charge in [-0.1, -0.05) is 6.92 Å². The van der Waals surface area contributed by atoms with Gasteiger partial charge in [0.1, 0.15) is 5.82 Å². The Bertz CT molecular complexity index is 508. The first-order chi connectivity index (χ1) is 9.13. The molecule has 5 N–H and O–H groups in total. The van der Waals surface area contributed by atoms with E-state index in [1.807, 2.05) is 6.92 Å². The van der Waals surface area contributed by atoms with Crippen molar-refractivity contribution < 1.29 is 4.79 Å². The number of carbonyl (C=O) groups excluding carboxylic acids is 1. The first-order valence-electron chi connectivity index (χ1n) is 6.02. The molecule has 1 heterocycles. The highest BCUT2D eigenvalue weighted by Crippen LogP contribution is 2.16. The number of nitrogens with one attached hydrogen (secondary N) is 1. The Labute approximate surface area is 112 Å². The molecule has 0 aliphatic heterocycles. The molecule has 6 heteroatoms. The Morgan fingerprint density at radius 2 is 2.32 bits per heavy atom. The molecule has 102 valence electrons. The largest absolute Gasteiger partial charge is 0.404 e. The lowest BCUT2D eigenvalue weighted by atomic mass is 10.1. The number of allylic oxidation sites excluding steroid dienone is 1. The van der Waals surface area contributed by atoms with Gasteiger partial charge in [0, 0.05) is 43.3 Å². The van der Waals surface area contributed by atoms with E-state index >= 15 is 0 Å². The molecule has 0 fully saturated rings. The van der Waals surface area contributed by atoms with Crippen LogP contribution in [-0.4, -0.2) is 30.7 Å². The van der Waals surface area contributed by atoms with Crippen molar-refractivity contribution in [2.45, 2.75) is 13.3 Å². The topological polar surface area (TPSA) is 106 Å². The van der Waals surface area contributed by atoms with Crippen molar-refractivity contribution >= 4 is 23.5 Å². The van der Waals surface area contributed by atoms with Crippen LogP contribution in [0.2, 0.25) is 0 Å². The number of rotatable bonds is 5. The van der Waals surface area contributed by atoms with E-state index in [1.165, 1.54) is 6.20 Å². The predicted molar refractivity (Wildman–Crippen MR) is 77.9 cm³/mol. The van der Waals surface area contributed by atoms with Gasteiger partial charge in [-0.2, -0.15) is 0 Å². The van der Waals surface area contributed by atoms with Gasteiger partial charge in [-0.15, -0.1) is 0 Å². The fourth-order valence-corrected chi connectivity index (χ4v) is 1.50. The molecule has 6 nitrogen and oxygen atoms in total. The molecule has 0 aliphatic rings. The van der Waals surface area contributed by atoms with Crippen LogP contribution in [0.15, 0.2) is 23.5 Å². The first kappa shape index (κ1) is 14.7. The second-order valence-electron chi connectivity index (χ2n) is 3.92. The number of nitrogen functional groups attached to an aromatic ring is 1. The zero-order valence-corrected chi connectivity index (χ0v) is 11.2. The average Bonchev–Trinajstić information content (AvgIpc) is 2.43. The molecule has 0 saturated heterocycles. The third-order valence-corrected chi connectivity index (χ3v) is 2.48. The smallest absolute Gasteiger partial charge is 0.255 e. The summed E-state index contributed by atoms with van der Waals surface area (Å²) in [7, 11) is 1.64. The number of aromatic nitrogens is 1. The summed E-state index contributed by atoms with van der Waals surface area (Å²) in [6.45, 7) is 2.57. The van der Waals surface area contributed by atoms with Gasteiger partial charge in [-0.3, -0.25) is 9.79 Å². The van der Waals surface area contributed by atoms with E-state index in [0.29, 0.717) is 23.2 Å². The van der Waals surface area contributed by atoms with E-state index in [0.717, 1.165) is 6.42 Å². The minimum absolute atomic E-state index is 0.196. The van der Waals surface area contributed by atoms with Gasteiger partial charge in [0.25, 0.3) is 5.91 Å². The molecule has 1 amide bonds. The van der Waals surface area contributed by atoms with Crippen molar-refractivity contribution in [1.82, 2.24) is 10.3 Å². The zero-order valence-electron chi connectivity index (χ0n) is 11.2. The van der Waals surface area contributed by atoms with E-state index in [2.05, 4.69) is 15.3 Å². The first-order valence-corrected chi connectivity index (χ1v) is 6.02. The van der Waals surface area contributed by atoms with Crippen LogP contribution in [0.3, 0.4) is 0 Å². The van der Waals surface area contributed by atoms with Crippen LogP contribution >= 0.6 is 0 Å². The number of anilines is 1. The van der Waals surface area contributed by atoms with Crippen molar-refractivity contribution in [2.24, 2.45) is 10.7 Å². The van der Waals surface area contributed by atoms with Gasteiger partial charge in [-0.05, 0) is 12.5 Å². The highest BCUT2D eigenvalue weighted by molar-refractivity contribution is 6.10. The lowest BCUT2D eigenvalue weighted by molar-refractivity contribution is 0.0954. The van der Waals surface area contributed by atoms with Crippen LogP contribution in [0.25, 0.3) is 5.57 Å². The minimum atomic E-state index is -0.237. The van der Waals surface area contributed by atoms with E-state index in [1.54, 1.807) is 25.5 Å². The van der Waals surface area contributed by atoms with Gasteiger partial charge in [-0.25, -0.2) is 4.98 Å². The molecule has 0 spiro atoms.